The highest BCUT2D eigenvalue weighted by Crippen LogP contribution is 2.43. The summed E-state index contributed by atoms with van der Waals surface area (Å²) in [6, 6.07) is 51.0. The third-order valence-electron chi connectivity index (χ3n) is 8.92. The first-order valence-electron chi connectivity index (χ1n) is 15.8. The minimum Gasteiger partial charge on any atom is -0.236 e. The van der Waals surface area contributed by atoms with Gasteiger partial charge in [0, 0.05) is 42.4 Å². The minimum absolute atomic E-state index is 0.658. The molecule has 0 spiro atoms. The zero-order chi connectivity index (χ0) is 31.6. The van der Waals surface area contributed by atoms with Gasteiger partial charge >= 0.3 is 0 Å². The van der Waals surface area contributed by atoms with Crippen molar-refractivity contribution >= 4 is 74.6 Å². The molecule has 0 radical (unpaired) electrons. The van der Waals surface area contributed by atoms with Gasteiger partial charge in [0.2, 0.25) is 0 Å². The third kappa shape index (κ3) is 4.57. The number of thiophene rings is 1. The smallest absolute Gasteiger partial charge is 0.164 e. The van der Waals surface area contributed by atoms with Gasteiger partial charge in [-0.25, -0.2) is 19.9 Å². The van der Waals surface area contributed by atoms with E-state index >= 15 is 0 Å². The summed E-state index contributed by atoms with van der Waals surface area (Å²) in [5.41, 5.74) is 5.08. The number of hydrogen-bond donors (Lipinski definition) is 0. The van der Waals surface area contributed by atoms with Crippen LogP contribution in [0.5, 0.6) is 0 Å². The molecule has 3 heterocycles. The molecule has 4 nitrogen and oxygen atoms in total. The number of benzene rings is 7. The average molecular weight is 649 g/mol. The summed E-state index contributed by atoms with van der Waals surface area (Å²) in [5, 5.41) is 8.19. The molecule has 10 rings (SSSR count). The second-order valence-corrected chi connectivity index (χ2v) is 14.0. The molecule has 7 aromatic carbocycles. The molecule has 0 aliphatic rings. The fourth-order valence-corrected chi connectivity index (χ4v) is 8.68. The first-order chi connectivity index (χ1) is 23.7. The Morgan fingerprint density at radius 2 is 1.02 bits per heavy atom. The van der Waals surface area contributed by atoms with E-state index in [1.54, 1.807) is 22.7 Å². The van der Waals surface area contributed by atoms with E-state index in [1.165, 1.54) is 30.9 Å². The number of nitrogens with zero attached hydrogens (tertiary/aromatic N) is 4. The van der Waals surface area contributed by atoms with Crippen molar-refractivity contribution in [2.75, 3.05) is 0 Å². The number of aromatic nitrogens is 4. The van der Waals surface area contributed by atoms with Gasteiger partial charge in [0.25, 0.3) is 0 Å². The van der Waals surface area contributed by atoms with Crippen molar-refractivity contribution in [1.29, 1.82) is 0 Å². The summed E-state index contributed by atoms with van der Waals surface area (Å²) in [4.78, 5) is 20.3. The molecule has 0 bridgehead atoms. The molecule has 0 saturated carbocycles. The van der Waals surface area contributed by atoms with Gasteiger partial charge in [-0.05, 0) is 51.9 Å². The largest absolute Gasteiger partial charge is 0.236 e. The molecule has 0 aliphatic carbocycles. The quantitative estimate of drug-likeness (QED) is 0.191. The lowest BCUT2D eigenvalue weighted by Crippen LogP contribution is -2.00. The normalized spacial score (nSPS) is 11.8. The standard InChI is InChI=1S/C42H24N4S2/c1-2-11-27(12-3-1)39-44-40(30-19-17-25-9-4-6-13-28(25)21-30)46-41(45-39)32-15-8-16-35-38(32)33-23-37-34(24-36(33)47-35)43-42(48-37)31-20-18-26-10-5-7-14-29(26)22-31/h1-24H. The molecule has 0 unspecified atom stereocenters. The molecule has 0 amide bonds. The lowest BCUT2D eigenvalue weighted by molar-refractivity contribution is 1.08. The Hall–Kier alpha value is -5.82. The van der Waals surface area contributed by atoms with E-state index in [9.17, 15) is 0 Å². The third-order valence-corrected chi connectivity index (χ3v) is 11.1. The van der Waals surface area contributed by atoms with Gasteiger partial charge < -0.3 is 0 Å². The molecule has 224 valence electrons. The van der Waals surface area contributed by atoms with Crippen LogP contribution in [0.2, 0.25) is 0 Å². The SMILES string of the molecule is c1ccc(-c2nc(-c3ccc4ccccc4c3)nc(-c3cccc4sc5cc6nc(-c7ccc8ccccc8c7)sc6cc5c34)n2)cc1. The molecular weight excluding hydrogens is 625 g/mol. The Kier molecular flexibility index (Phi) is 6.19. The van der Waals surface area contributed by atoms with E-state index in [0.717, 1.165) is 48.3 Å². The van der Waals surface area contributed by atoms with E-state index in [-0.39, 0.29) is 0 Å². The molecule has 48 heavy (non-hydrogen) atoms. The summed E-state index contributed by atoms with van der Waals surface area (Å²) < 4.78 is 3.56. The van der Waals surface area contributed by atoms with Gasteiger partial charge in [-0.3, -0.25) is 0 Å². The molecule has 0 fully saturated rings. The molecule has 3 aromatic heterocycles. The van der Waals surface area contributed by atoms with Gasteiger partial charge in [-0.1, -0.05) is 115 Å². The van der Waals surface area contributed by atoms with E-state index in [1.807, 2.05) is 18.2 Å². The van der Waals surface area contributed by atoms with Crippen molar-refractivity contribution in [3.05, 3.63) is 146 Å². The number of fused-ring (bicyclic) bond motifs is 6. The molecular formula is C42H24N4S2. The summed E-state index contributed by atoms with van der Waals surface area (Å²) in [6.07, 6.45) is 0. The van der Waals surface area contributed by atoms with Crippen LogP contribution in [0.15, 0.2) is 146 Å². The predicted molar refractivity (Wildman–Crippen MR) is 203 cm³/mol. The molecule has 0 aliphatic heterocycles. The molecule has 0 N–H and O–H groups in total. The predicted octanol–water partition coefficient (Wildman–Crippen LogP) is 11.8. The highest BCUT2D eigenvalue weighted by Gasteiger charge is 2.18. The monoisotopic (exact) mass is 648 g/mol. The first-order valence-corrected chi connectivity index (χ1v) is 17.4. The van der Waals surface area contributed by atoms with Gasteiger partial charge in [0.05, 0.1) is 10.2 Å². The van der Waals surface area contributed by atoms with Crippen LogP contribution in [-0.4, -0.2) is 19.9 Å². The molecule has 0 saturated heterocycles. The van der Waals surface area contributed by atoms with Crippen LogP contribution in [0.3, 0.4) is 0 Å². The van der Waals surface area contributed by atoms with Crippen molar-refractivity contribution in [3.63, 3.8) is 0 Å². The van der Waals surface area contributed by atoms with Gasteiger partial charge in [-0.15, -0.1) is 22.7 Å². The highest BCUT2D eigenvalue weighted by atomic mass is 32.1. The maximum absolute atomic E-state index is 5.15. The summed E-state index contributed by atoms with van der Waals surface area (Å²) >= 11 is 3.53. The number of rotatable bonds is 4. The van der Waals surface area contributed by atoms with Crippen LogP contribution in [-0.2, 0) is 0 Å². The van der Waals surface area contributed by atoms with Crippen molar-refractivity contribution < 1.29 is 0 Å². The zero-order valence-corrected chi connectivity index (χ0v) is 27.1. The topological polar surface area (TPSA) is 51.6 Å². The van der Waals surface area contributed by atoms with Crippen LogP contribution >= 0.6 is 22.7 Å². The van der Waals surface area contributed by atoms with Crippen LogP contribution in [0.4, 0.5) is 0 Å². The Balaban J connectivity index is 1.16. The minimum atomic E-state index is 0.658. The Morgan fingerprint density at radius 3 is 1.79 bits per heavy atom. The maximum atomic E-state index is 5.15. The molecule has 10 aromatic rings. The van der Waals surface area contributed by atoms with Crippen LogP contribution < -0.4 is 0 Å². The fraction of sp³-hybridized carbons (Fsp3) is 0. The second-order valence-electron chi connectivity index (χ2n) is 11.9. The Bertz CT molecular complexity index is 2850. The van der Waals surface area contributed by atoms with Crippen molar-refractivity contribution in [3.8, 4) is 44.7 Å². The molecule has 0 atom stereocenters. The van der Waals surface area contributed by atoms with E-state index in [2.05, 4.69) is 127 Å². The molecule has 6 heteroatoms. The fourth-order valence-electron chi connectivity index (χ4n) is 6.55. The zero-order valence-electron chi connectivity index (χ0n) is 25.5. The van der Waals surface area contributed by atoms with E-state index in [4.69, 9.17) is 19.9 Å². The summed E-state index contributed by atoms with van der Waals surface area (Å²) in [6.45, 7) is 0. The van der Waals surface area contributed by atoms with Crippen LogP contribution in [0.1, 0.15) is 0 Å². The van der Waals surface area contributed by atoms with Crippen LogP contribution in [0, 0.1) is 0 Å². The van der Waals surface area contributed by atoms with Gasteiger partial charge in [0.15, 0.2) is 17.5 Å². The lowest BCUT2D eigenvalue weighted by Gasteiger charge is -2.10. The Morgan fingerprint density at radius 1 is 0.375 bits per heavy atom. The Labute approximate surface area is 283 Å². The summed E-state index contributed by atoms with van der Waals surface area (Å²) in [7, 11) is 0. The number of thiazole rings is 1. The van der Waals surface area contributed by atoms with Gasteiger partial charge in [-0.2, -0.15) is 0 Å². The maximum Gasteiger partial charge on any atom is 0.164 e. The van der Waals surface area contributed by atoms with E-state index < -0.39 is 0 Å². The van der Waals surface area contributed by atoms with Gasteiger partial charge in [0.1, 0.15) is 5.01 Å². The summed E-state index contributed by atoms with van der Waals surface area (Å²) in [5.74, 6) is 1.98. The second kappa shape index (κ2) is 10.9. The van der Waals surface area contributed by atoms with Crippen LogP contribution in [0.25, 0.3) is 96.7 Å². The van der Waals surface area contributed by atoms with Crippen molar-refractivity contribution in [1.82, 2.24) is 19.9 Å². The van der Waals surface area contributed by atoms with Crippen molar-refractivity contribution in [2.24, 2.45) is 0 Å². The number of hydrogen-bond acceptors (Lipinski definition) is 6. The lowest BCUT2D eigenvalue weighted by atomic mass is 10.0. The van der Waals surface area contributed by atoms with E-state index in [0.29, 0.717) is 17.5 Å². The van der Waals surface area contributed by atoms with Crippen molar-refractivity contribution in [2.45, 2.75) is 0 Å². The highest BCUT2D eigenvalue weighted by molar-refractivity contribution is 7.26. The average Bonchev–Trinajstić information content (AvgIpc) is 3.74. The first kappa shape index (κ1) is 27.3.